The lowest BCUT2D eigenvalue weighted by Gasteiger charge is -1.99. The molecule has 0 saturated heterocycles. The van der Waals surface area contributed by atoms with Crippen molar-refractivity contribution in [2.45, 2.75) is 31.8 Å². The van der Waals surface area contributed by atoms with Gasteiger partial charge in [0.15, 0.2) is 5.82 Å². The van der Waals surface area contributed by atoms with Crippen LogP contribution in [0.25, 0.3) is 11.4 Å². The van der Waals surface area contributed by atoms with Gasteiger partial charge in [-0.1, -0.05) is 25.1 Å². The van der Waals surface area contributed by atoms with Gasteiger partial charge in [0.1, 0.15) is 0 Å². The average Bonchev–Trinajstić information content (AvgIpc) is 2.87. The van der Waals surface area contributed by atoms with E-state index in [-0.39, 0.29) is 10.6 Å². The van der Waals surface area contributed by atoms with E-state index >= 15 is 0 Å². The largest absolute Gasteiger partial charge is 0.272 e. The van der Waals surface area contributed by atoms with Crippen LogP contribution in [-0.4, -0.2) is 25.9 Å². The van der Waals surface area contributed by atoms with Gasteiger partial charge in [0.25, 0.3) is 5.69 Å². The summed E-state index contributed by atoms with van der Waals surface area (Å²) in [6, 6.07) is 4.93. The van der Waals surface area contributed by atoms with Crippen LogP contribution in [0, 0.1) is 17.0 Å². The Morgan fingerprint density at radius 1 is 1.45 bits per heavy atom. The van der Waals surface area contributed by atoms with Gasteiger partial charge >= 0.3 is 0 Å². The van der Waals surface area contributed by atoms with Gasteiger partial charge < -0.3 is 0 Å². The van der Waals surface area contributed by atoms with Crippen molar-refractivity contribution >= 4 is 17.4 Å². The van der Waals surface area contributed by atoms with E-state index in [2.05, 4.69) is 22.1 Å². The zero-order chi connectivity index (χ0) is 14.5. The summed E-state index contributed by atoms with van der Waals surface area (Å²) < 4.78 is 0. The van der Waals surface area contributed by atoms with Gasteiger partial charge in [-0.05, 0) is 25.5 Å². The fraction of sp³-hybridized carbons (Fsp3) is 0.385. The van der Waals surface area contributed by atoms with Crippen LogP contribution >= 0.6 is 11.8 Å². The fourth-order valence-corrected chi connectivity index (χ4v) is 2.64. The van der Waals surface area contributed by atoms with Crippen molar-refractivity contribution in [1.82, 2.24) is 15.2 Å². The Morgan fingerprint density at radius 2 is 2.25 bits per heavy atom. The number of rotatable bonds is 6. The molecule has 2 rings (SSSR count). The maximum Gasteiger partial charge on any atom is 0.272 e. The summed E-state index contributed by atoms with van der Waals surface area (Å²) in [7, 11) is 0. The van der Waals surface area contributed by atoms with Gasteiger partial charge in [-0.25, -0.2) is 4.98 Å². The van der Waals surface area contributed by atoms with Gasteiger partial charge in [0.2, 0.25) is 5.16 Å². The van der Waals surface area contributed by atoms with E-state index in [1.165, 1.54) is 6.07 Å². The third kappa shape index (κ3) is 3.36. The van der Waals surface area contributed by atoms with Crippen molar-refractivity contribution in [3.05, 3.63) is 33.9 Å². The van der Waals surface area contributed by atoms with Crippen LogP contribution in [0.3, 0.4) is 0 Å². The molecule has 0 unspecified atom stereocenters. The third-order valence-corrected chi connectivity index (χ3v) is 3.79. The lowest BCUT2D eigenvalue weighted by atomic mass is 10.1. The van der Waals surface area contributed by atoms with Gasteiger partial charge in [-0.15, -0.1) is 5.10 Å². The number of hydrogen-bond donors (Lipinski definition) is 1. The molecule has 0 spiro atoms. The Morgan fingerprint density at radius 3 is 2.90 bits per heavy atom. The van der Waals surface area contributed by atoms with Gasteiger partial charge in [-0.3, -0.25) is 15.2 Å². The van der Waals surface area contributed by atoms with E-state index in [0.717, 1.165) is 24.2 Å². The Labute approximate surface area is 121 Å². The number of H-pyrrole nitrogens is 1. The molecule has 0 bridgehead atoms. The van der Waals surface area contributed by atoms with Crippen LogP contribution in [0.1, 0.15) is 25.3 Å². The van der Waals surface area contributed by atoms with Crippen LogP contribution in [-0.2, 0) is 0 Å². The van der Waals surface area contributed by atoms with E-state index < -0.39 is 0 Å². The molecule has 0 aliphatic rings. The number of aryl methyl sites for hydroxylation is 1. The van der Waals surface area contributed by atoms with E-state index in [4.69, 9.17) is 0 Å². The maximum atomic E-state index is 10.8. The van der Waals surface area contributed by atoms with Crippen molar-refractivity contribution in [3.8, 4) is 11.4 Å². The van der Waals surface area contributed by atoms with Gasteiger partial charge in [0, 0.05) is 22.9 Å². The number of unbranched alkanes of at least 4 members (excludes halogenated alkanes) is 1. The zero-order valence-electron chi connectivity index (χ0n) is 11.4. The highest BCUT2D eigenvalue weighted by Gasteiger charge is 2.13. The first kappa shape index (κ1) is 14.5. The summed E-state index contributed by atoms with van der Waals surface area (Å²) in [6.45, 7) is 3.86. The first-order valence-electron chi connectivity index (χ1n) is 6.42. The predicted octanol–water partition coefficient (Wildman–Crippen LogP) is 3.58. The van der Waals surface area contributed by atoms with E-state index in [1.807, 2.05) is 0 Å². The van der Waals surface area contributed by atoms with Crippen molar-refractivity contribution in [1.29, 1.82) is 0 Å². The molecular weight excluding hydrogens is 276 g/mol. The monoisotopic (exact) mass is 292 g/mol. The molecule has 0 aliphatic carbocycles. The molecule has 2 aromatic rings. The third-order valence-electron chi connectivity index (χ3n) is 2.86. The minimum absolute atomic E-state index is 0.116. The van der Waals surface area contributed by atoms with E-state index in [0.29, 0.717) is 16.5 Å². The molecule has 0 amide bonds. The van der Waals surface area contributed by atoms with Crippen LogP contribution in [0.2, 0.25) is 0 Å². The second kappa shape index (κ2) is 6.51. The number of thioether (sulfide) groups is 1. The Hall–Kier alpha value is -1.89. The number of hydrogen-bond acceptors (Lipinski definition) is 5. The molecule has 0 atom stereocenters. The van der Waals surface area contributed by atoms with Crippen molar-refractivity contribution in [2.24, 2.45) is 0 Å². The first-order chi connectivity index (χ1) is 9.61. The number of benzene rings is 1. The molecule has 6 nitrogen and oxygen atoms in total. The molecule has 1 heterocycles. The molecule has 7 heteroatoms. The minimum Gasteiger partial charge on any atom is -0.258 e. The number of nitro benzene ring substituents is 1. The van der Waals surface area contributed by atoms with E-state index in [9.17, 15) is 10.1 Å². The quantitative estimate of drug-likeness (QED) is 0.380. The SMILES string of the molecule is CCCCSc1n[nH]c(-c2ccc([N+](=O)[O-])c(C)c2)n1. The second-order valence-corrected chi connectivity index (χ2v) is 5.49. The van der Waals surface area contributed by atoms with Crippen molar-refractivity contribution < 1.29 is 4.92 Å². The lowest BCUT2D eigenvalue weighted by molar-refractivity contribution is -0.385. The summed E-state index contributed by atoms with van der Waals surface area (Å²) in [5, 5.41) is 18.5. The fourth-order valence-electron chi connectivity index (χ4n) is 1.76. The van der Waals surface area contributed by atoms with Gasteiger partial charge in [-0.2, -0.15) is 0 Å². The Balaban J connectivity index is 2.15. The van der Waals surface area contributed by atoms with Crippen LogP contribution in [0.15, 0.2) is 23.4 Å². The predicted molar refractivity (Wildman–Crippen MR) is 78.8 cm³/mol. The molecule has 106 valence electrons. The number of aromatic amines is 1. The van der Waals surface area contributed by atoms with Crippen LogP contribution in [0.4, 0.5) is 5.69 Å². The highest BCUT2D eigenvalue weighted by Crippen LogP contribution is 2.25. The zero-order valence-corrected chi connectivity index (χ0v) is 12.2. The molecule has 1 aromatic carbocycles. The summed E-state index contributed by atoms with van der Waals surface area (Å²) in [5.74, 6) is 1.63. The molecule has 0 fully saturated rings. The lowest BCUT2D eigenvalue weighted by Crippen LogP contribution is -1.92. The van der Waals surface area contributed by atoms with Crippen LogP contribution in [0.5, 0.6) is 0 Å². The summed E-state index contributed by atoms with van der Waals surface area (Å²) >= 11 is 1.61. The maximum absolute atomic E-state index is 10.8. The molecular formula is C13H16N4O2S. The highest BCUT2D eigenvalue weighted by molar-refractivity contribution is 7.99. The molecule has 0 aliphatic heterocycles. The Bertz CT molecular complexity index is 612. The smallest absolute Gasteiger partial charge is 0.258 e. The average molecular weight is 292 g/mol. The number of nitrogens with zero attached hydrogens (tertiary/aromatic N) is 3. The summed E-state index contributed by atoms with van der Waals surface area (Å²) in [4.78, 5) is 14.8. The van der Waals surface area contributed by atoms with Gasteiger partial charge in [0.05, 0.1) is 4.92 Å². The van der Waals surface area contributed by atoms with Crippen molar-refractivity contribution in [2.75, 3.05) is 5.75 Å². The van der Waals surface area contributed by atoms with Crippen molar-refractivity contribution in [3.63, 3.8) is 0 Å². The first-order valence-corrected chi connectivity index (χ1v) is 7.41. The molecule has 1 aromatic heterocycles. The minimum atomic E-state index is -0.383. The summed E-state index contributed by atoms with van der Waals surface area (Å²) in [5.41, 5.74) is 1.54. The highest BCUT2D eigenvalue weighted by atomic mass is 32.2. The standard InChI is InChI=1S/C13H16N4O2S/c1-3-4-7-20-13-14-12(15-16-13)10-5-6-11(17(18)19)9(2)8-10/h5-6,8H,3-4,7H2,1-2H3,(H,14,15,16). The number of nitro groups is 1. The molecule has 0 radical (unpaired) electrons. The van der Waals surface area contributed by atoms with Crippen LogP contribution < -0.4 is 0 Å². The molecule has 0 saturated carbocycles. The second-order valence-electron chi connectivity index (χ2n) is 4.43. The Kier molecular flexibility index (Phi) is 4.73. The topological polar surface area (TPSA) is 84.7 Å². The molecule has 20 heavy (non-hydrogen) atoms. The number of nitrogens with one attached hydrogen (secondary N) is 1. The number of aromatic nitrogens is 3. The van der Waals surface area contributed by atoms with E-state index in [1.54, 1.807) is 30.8 Å². The normalized spacial score (nSPS) is 10.7. The molecule has 1 N–H and O–H groups in total. The summed E-state index contributed by atoms with van der Waals surface area (Å²) in [6.07, 6.45) is 2.27.